The smallest absolute Gasteiger partial charge is 0.125 e. The minimum Gasteiger partial charge on any atom is -0.496 e. The molecule has 2 saturated carbocycles. The van der Waals surface area contributed by atoms with Crippen LogP contribution in [0.3, 0.4) is 0 Å². The van der Waals surface area contributed by atoms with Gasteiger partial charge in [-0.25, -0.2) is 0 Å². The Hall–Kier alpha value is -1.10. The number of benzene rings is 1. The van der Waals surface area contributed by atoms with Crippen molar-refractivity contribution >= 4 is 0 Å². The molecule has 0 spiro atoms. The Bertz CT molecular complexity index is 588. The maximum atomic E-state index is 11.2. The summed E-state index contributed by atoms with van der Waals surface area (Å²) in [6.07, 6.45) is 5.18. The van der Waals surface area contributed by atoms with Crippen LogP contribution in [0.5, 0.6) is 5.75 Å². The van der Waals surface area contributed by atoms with Crippen molar-refractivity contribution in [2.24, 2.45) is 11.8 Å². The van der Waals surface area contributed by atoms with Crippen LogP contribution in [0.25, 0.3) is 0 Å². The molecule has 5 atom stereocenters. The lowest BCUT2D eigenvalue weighted by atomic mass is 9.80. The molecule has 23 heavy (non-hydrogen) atoms. The van der Waals surface area contributed by atoms with Crippen molar-refractivity contribution < 1.29 is 17.8 Å². The first kappa shape index (κ1) is 15.4. The number of para-hydroxylation sites is 1. The number of fused-ring (bicyclic) bond motifs is 2. The monoisotopic (exact) mass is 321 g/mol. The third-order valence-electron chi connectivity index (χ3n) is 6.48. The average Bonchev–Trinajstić information content (AvgIpc) is 3.20. The van der Waals surface area contributed by atoms with Crippen LogP contribution in [0, 0.1) is 11.8 Å². The third-order valence-corrected chi connectivity index (χ3v) is 6.48. The molecule has 4 nitrogen and oxygen atoms in total. The van der Waals surface area contributed by atoms with E-state index in [0.717, 1.165) is 18.4 Å². The number of β-amino-alcohol motifs (C(OH)–C–C–N with tert-alkyl or cyclic N) is 1. The van der Waals surface area contributed by atoms with Crippen molar-refractivity contribution in [3.63, 3.8) is 0 Å². The van der Waals surface area contributed by atoms with Gasteiger partial charge in [0, 0.05) is 27.5 Å². The van der Waals surface area contributed by atoms with Gasteiger partial charge in [-0.3, -0.25) is 4.90 Å². The average molecular weight is 321 g/mol. The topological polar surface area (TPSA) is 52.9 Å². The Balaban J connectivity index is 0.00000113. The van der Waals surface area contributed by atoms with Gasteiger partial charge in [-0.05, 0) is 43.6 Å². The molecular formula is C19H31NO3. The van der Waals surface area contributed by atoms with E-state index in [4.69, 9.17) is 4.74 Å². The molecule has 1 saturated heterocycles. The summed E-state index contributed by atoms with van der Waals surface area (Å²) in [6, 6.07) is 8.12. The van der Waals surface area contributed by atoms with Gasteiger partial charge in [0.2, 0.25) is 0 Å². The summed E-state index contributed by atoms with van der Waals surface area (Å²) in [7, 11) is 1.61. The number of methoxy groups -OCH3 is 1. The normalized spacial score (nSPS) is 40.5. The Kier molecular flexibility index (Phi) is 3.87. The fourth-order valence-electron chi connectivity index (χ4n) is 5.22. The molecule has 2 N–H and O–H groups in total. The Labute approximate surface area is 141 Å². The fourth-order valence-corrected chi connectivity index (χ4v) is 5.22. The third kappa shape index (κ3) is 2.48. The van der Waals surface area contributed by atoms with E-state index in [-0.39, 0.29) is 2.85 Å². The van der Waals surface area contributed by atoms with Gasteiger partial charge < -0.3 is 14.9 Å². The van der Waals surface area contributed by atoms with E-state index in [1.165, 1.54) is 25.7 Å². The first-order valence-corrected chi connectivity index (χ1v) is 8.90. The van der Waals surface area contributed by atoms with Gasteiger partial charge >= 0.3 is 0 Å². The summed E-state index contributed by atoms with van der Waals surface area (Å²) in [5.41, 5.74) is -0.497. The number of aliphatic hydroxyl groups excluding tert-OH is 1. The molecule has 1 aromatic carbocycles. The standard InChI is InChI=1S/C19H27NO3.2H2/c1-23-17-5-3-2-4-15(17)19(22)8-9-20(12-18(19)21)16-11-13-6-7-14(16)10-13;;/h2-5,13-14,16,18,21-22H,6-12H2,1H3;2*1H/t13-,14-,16-,18?,19?;;/m0../s1. The lowest BCUT2D eigenvalue weighted by Gasteiger charge is -2.46. The molecule has 4 rings (SSSR count). The van der Waals surface area contributed by atoms with E-state index >= 15 is 0 Å². The predicted molar refractivity (Wildman–Crippen MR) is 92.6 cm³/mol. The molecular weight excluding hydrogens is 290 g/mol. The molecule has 0 amide bonds. The first-order chi connectivity index (χ1) is 11.1. The van der Waals surface area contributed by atoms with Gasteiger partial charge in [0.25, 0.3) is 0 Å². The van der Waals surface area contributed by atoms with Gasteiger partial charge in [0.1, 0.15) is 11.4 Å². The van der Waals surface area contributed by atoms with Crippen molar-refractivity contribution in [3.05, 3.63) is 29.8 Å². The van der Waals surface area contributed by atoms with E-state index in [9.17, 15) is 10.2 Å². The van der Waals surface area contributed by atoms with Gasteiger partial charge in [-0.15, -0.1) is 0 Å². The molecule has 1 heterocycles. The zero-order valence-electron chi connectivity index (χ0n) is 13.8. The molecule has 2 unspecified atom stereocenters. The summed E-state index contributed by atoms with van der Waals surface area (Å²) in [5.74, 6) is 2.37. The lowest BCUT2D eigenvalue weighted by Crippen LogP contribution is -2.56. The fraction of sp³-hybridized carbons (Fsp3) is 0.684. The van der Waals surface area contributed by atoms with Crippen LogP contribution in [0.4, 0.5) is 0 Å². The van der Waals surface area contributed by atoms with E-state index in [2.05, 4.69) is 4.90 Å². The van der Waals surface area contributed by atoms with Crippen molar-refractivity contribution in [3.8, 4) is 5.75 Å². The van der Waals surface area contributed by atoms with E-state index in [1.807, 2.05) is 24.3 Å². The molecule has 1 aliphatic heterocycles. The van der Waals surface area contributed by atoms with Gasteiger partial charge in [-0.2, -0.15) is 0 Å². The predicted octanol–water partition coefficient (Wildman–Crippen LogP) is 2.63. The van der Waals surface area contributed by atoms with Crippen LogP contribution >= 0.6 is 0 Å². The summed E-state index contributed by atoms with van der Waals surface area (Å²) in [5, 5.41) is 21.9. The number of likely N-dealkylation sites (tertiary alicyclic amines) is 1. The number of hydrogen-bond acceptors (Lipinski definition) is 4. The Morgan fingerprint density at radius 3 is 2.74 bits per heavy atom. The summed E-state index contributed by atoms with van der Waals surface area (Å²) in [4.78, 5) is 2.43. The summed E-state index contributed by atoms with van der Waals surface area (Å²) >= 11 is 0. The quantitative estimate of drug-likeness (QED) is 0.898. The molecule has 2 aliphatic carbocycles. The summed E-state index contributed by atoms with van der Waals surface area (Å²) < 4.78 is 5.39. The van der Waals surface area contributed by atoms with Crippen LogP contribution < -0.4 is 4.74 Å². The van der Waals surface area contributed by atoms with Crippen LogP contribution in [0.1, 0.15) is 40.5 Å². The van der Waals surface area contributed by atoms with Crippen molar-refractivity contribution in [1.82, 2.24) is 4.90 Å². The first-order valence-electron chi connectivity index (χ1n) is 8.90. The number of nitrogens with zero attached hydrogens (tertiary/aromatic N) is 1. The molecule has 3 fully saturated rings. The van der Waals surface area contributed by atoms with Crippen LogP contribution in [0.2, 0.25) is 0 Å². The molecule has 0 radical (unpaired) electrons. The SMILES string of the molecule is COc1ccccc1C1(O)CCN([C@H]2C[C@H]3CC[C@H]2C3)CC1O.[HH].[HH]. The van der Waals surface area contributed by atoms with Gasteiger partial charge in [-0.1, -0.05) is 24.6 Å². The number of rotatable bonds is 3. The number of piperidine rings is 1. The van der Waals surface area contributed by atoms with Crippen LogP contribution in [-0.4, -0.2) is 47.5 Å². The number of ether oxygens (including phenoxy) is 1. The second kappa shape index (κ2) is 5.76. The summed E-state index contributed by atoms with van der Waals surface area (Å²) in [6.45, 7) is 1.40. The second-order valence-electron chi connectivity index (χ2n) is 7.63. The minimum absolute atomic E-state index is 0. The molecule has 3 aliphatic rings. The van der Waals surface area contributed by atoms with Crippen molar-refractivity contribution in [2.75, 3.05) is 20.2 Å². The largest absolute Gasteiger partial charge is 0.496 e. The molecule has 1 aromatic rings. The van der Waals surface area contributed by atoms with Gasteiger partial charge in [0.05, 0.1) is 13.2 Å². The zero-order valence-corrected chi connectivity index (χ0v) is 13.8. The highest BCUT2D eigenvalue weighted by atomic mass is 16.5. The van der Waals surface area contributed by atoms with Crippen LogP contribution in [-0.2, 0) is 5.60 Å². The number of hydrogen-bond donors (Lipinski definition) is 2. The zero-order chi connectivity index (χ0) is 16.0. The molecule has 0 aromatic heterocycles. The highest BCUT2D eigenvalue weighted by molar-refractivity contribution is 5.39. The Morgan fingerprint density at radius 1 is 1.26 bits per heavy atom. The maximum absolute atomic E-state index is 11.2. The molecule has 4 heteroatoms. The number of aliphatic hydroxyl groups is 2. The Morgan fingerprint density at radius 2 is 2.09 bits per heavy atom. The van der Waals surface area contributed by atoms with E-state index in [0.29, 0.717) is 30.3 Å². The van der Waals surface area contributed by atoms with Crippen molar-refractivity contribution in [1.29, 1.82) is 0 Å². The molecule has 2 bridgehead atoms. The van der Waals surface area contributed by atoms with Crippen LogP contribution in [0.15, 0.2) is 24.3 Å². The minimum atomic E-state index is -1.21. The second-order valence-corrected chi connectivity index (χ2v) is 7.63. The maximum Gasteiger partial charge on any atom is 0.125 e. The van der Waals surface area contributed by atoms with E-state index < -0.39 is 11.7 Å². The lowest BCUT2D eigenvalue weighted by molar-refractivity contribution is -0.134. The molecule has 130 valence electrons. The van der Waals surface area contributed by atoms with E-state index in [1.54, 1.807) is 7.11 Å². The highest BCUT2D eigenvalue weighted by Gasteiger charge is 2.48. The van der Waals surface area contributed by atoms with Gasteiger partial charge in [0.15, 0.2) is 0 Å². The van der Waals surface area contributed by atoms with Crippen molar-refractivity contribution in [2.45, 2.75) is 49.9 Å². The highest BCUT2D eigenvalue weighted by Crippen LogP contribution is 2.48.